The number of hydrogen-bond acceptors (Lipinski definition) is 7. The summed E-state index contributed by atoms with van der Waals surface area (Å²) >= 11 is 1.40. The summed E-state index contributed by atoms with van der Waals surface area (Å²) < 4.78 is 47.2. The van der Waals surface area contributed by atoms with Gasteiger partial charge >= 0.3 is 5.97 Å². The lowest BCUT2D eigenvalue weighted by Crippen LogP contribution is -2.53. The van der Waals surface area contributed by atoms with E-state index in [9.17, 15) is 17.6 Å². The zero-order valence-electron chi connectivity index (χ0n) is 18.8. The van der Waals surface area contributed by atoms with Gasteiger partial charge in [-0.3, -0.25) is 0 Å². The second-order valence-corrected chi connectivity index (χ2v) is 11.9. The molecule has 5 rings (SSSR count). The summed E-state index contributed by atoms with van der Waals surface area (Å²) in [6, 6.07) is 10.5. The van der Waals surface area contributed by atoms with Gasteiger partial charge in [0.25, 0.3) is 0 Å². The van der Waals surface area contributed by atoms with Gasteiger partial charge in [-0.15, -0.1) is 0 Å². The van der Waals surface area contributed by atoms with Gasteiger partial charge in [-0.05, 0) is 55.3 Å². The van der Waals surface area contributed by atoms with Gasteiger partial charge in [0.15, 0.2) is 5.13 Å². The Hall–Kier alpha value is -2.56. The highest BCUT2D eigenvalue weighted by Gasteiger charge is 2.33. The molecule has 2 fully saturated rings. The maximum atomic E-state index is 13.4. The molecule has 1 aromatic heterocycles. The third-order valence-corrected chi connectivity index (χ3v) is 9.59. The highest BCUT2D eigenvalue weighted by atomic mass is 32.2. The van der Waals surface area contributed by atoms with Crippen LogP contribution in [0.3, 0.4) is 0 Å². The average molecular weight is 504 g/mol. The second kappa shape index (κ2) is 9.24. The van der Waals surface area contributed by atoms with Crippen LogP contribution in [0, 0.1) is 5.82 Å². The summed E-state index contributed by atoms with van der Waals surface area (Å²) in [7, 11) is -1.97. The largest absolute Gasteiger partial charge is 0.455 e. The molecule has 7 nitrogen and oxygen atoms in total. The van der Waals surface area contributed by atoms with E-state index in [1.165, 1.54) is 52.0 Å². The number of esters is 1. The molecule has 180 valence electrons. The number of thiazole rings is 1. The Bertz CT molecular complexity index is 1300. The third-order valence-electron chi connectivity index (χ3n) is 6.59. The molecule has 0 bridgehead atoms. The van der Waals surface area contributed by atoms with E-state index in [4.69, 9.17) is 4.74 Å². The van der Waals surface area contributed by atoms with E-state index in [0.717, 1.165) is 47.5 Å². The van der Waals surface area contributed by atoms with Crippen LogP contribution in [0.25, 0.3) is 10.2 Å². The Morgan fingerprint density at radius 2 is 1.82 bits per heavy atom. The van der Waals surface area contributed by atoms with Crippen LogP contribution in [0.5, 0.6) is 0 Å². The fourth-order valence-corrected chi connectivity index (χ4v) is 6.90. The van der Waals surface area contributed by atoms with Crippen LogP contribution in [-0.4, -0.2) is 56.0 Å². The van der Waals surface area contributed by atoms with Gasteiger partial charge in [-0.25, -0.2) is 22.6 Å². The molecule has 0 radical (unpaired) electrons. The zero-order valence-corrected chi connectivity index (χ0v) is 20.4. The quantitative estimate of drug-likeness (QED) is 0.463. The Labute approximate surface area is 202 Å². The van der Waals surface area contributed by atoms with Crippen molar-refractivity contribution in [2.75, 3.05) is 25.0 Å². The van der Waals surface area contributed by atoms with Gasteiger partial charge in [-0.2, -0.15) is 4.31 Å². The summed E-state index contributed by atoms with van der Waals surface area (Å²) in [6.45, 7) is 1.01. The van der Waals surface area contributed by atoms with Crippen molar-refractivity contribution in [2.24, 2.45) is 0 Å². The number of carbonyl (C=O) groups is 1. The van der Waals surface area contributed by atoms with Crippen molar-refractivity contribution >= 4 is 42.7 Å². The van der Waals surface area contributed by atoms with Crippen LogP contribution >= 0.6 is 11.3 Å². The minimum atomic E-state index is -3.60. The van der Waals surface area contributed by atoms with Gasteiger partial charge in [0.05, 0.1) is 33.8 Å². The molecule has 2 aromatic carbocycles. The lowest BCUT2D eigenvalue weighted by molar-refractivity contribution is 0.0234. The zero-order chi connectivity index (χ0) is 23.9. The Morgan fingerprint density at radius 3 is 2.53 bits per heavy atom. The number of rotatable bonds is 6. The van der Waals surface area contributed by atoms with E-state index in [2.05, 4.69) is 4.98 Å². The summed E-state index contributed by atoms with van der Waals surface area (Å²) in [5.74, 6) is -0.779. The fourth-order valence-electron chi connectivity index (χ4n) is 4.48. The van der Waals surface area contributed by atoms with Crippen LogP contribution < -0.4 is 4.90 Å². The molecule has 0 amide bonds. The molecule has 3 aromatic rings. The van der Waals surface area contributed by atoms with Crippen molar-refractivity contribution in [2.45, 2.75) is 49.1 Å². The average Bonchev–Trinajstić information content (AvgIpc) is 3.23. The van der Waals surface area contributed by atoms with E-state index in [-0.39, 0.29) is 22.9 Å². The lowest BCUT2D eigenvalue weighted by atomic mass is 9.96. The number of benzene rings is 2. The molecule has 10 heteroatoms. The lowest BCUT2D eigenvalue weighted by Gasteiger charge is -2.38. The maximum absolute atomic E-state index is 13.4. The van der Waals surface area contributed by atoms with Crippen molar-refractivity contribution in [3.05, 3.63) is 53.8 Å². The first-order chi connectivity index (χ1) is 16.3. The molecule has 1 saturated heterocycles. The molecule has 2 heterocycles. The number of fused-ring (bicyclic) bond motifs is 1. The number of carbonyl (C=O) groups excluding carboxylic acids is 1. The molecule has 0 unspecified atom stereocenters. The third kappa shape index (κ3) is 4.54. The number of ether oxygens (including phenoxy) is 1. The molecule has 0 N–H and O–H groups in total. The number of aromatic nitrogens is 1. The normalized spacial score (nSPS) is 17.8. The second-order valence-electron chi connectivity index (χ2n) is 8.88. The number of anilines is 1. The van der Waals surface area contributed by atoms with Crippen molar-refractivity contribution in [1.29, 1.82) is 0 Å². The molecule has 1 aliphatic heterocycles. The van der Waals surface area contributed by atoms with Gasteiger partial charge in [0.1, 0.15) is 11.9 Å². The van der Waals surface area contributed by atoms with Crippen LogP contribution in [0.4, 0.5) is 9.52 Å². The minimum Gasteiger partial charge on any atom is -0.455 e. The number of nitrogens with zero attached hydrogens (tertiary/aromatic N) is 3. The standard InChI is InChI=1S/C24H26FN3O4S2/c1-27(18-5-3-2-4-6-18)34(30,31)20-10-7-16(8-11-20)23(29)32-19-14-28(15-19)24-26-21-12-9-17(25)13-22(21)33-24/h7-13,18-19H,2-6,14-15H2,1H3. The Balaban J connectivity index is 1.18. The van der Waals surface area contributed by atoms with E-state index >= 15 is 0 Å². The first kappa shape index (κ1) is 23.2. The molecule has 34 heavy (non-hydrogen) atoms. The van der Waals surface area contributed by atoms with Crippen molar-refractivity contribution in [3.63, 3.8) is 0 Å². The van der Waals surface area contributed by atoms with E-state index in [1.807, 2.05) is 4.90 Å². The van der Waals surface area contributed by atoms with Gasteiger partial charge in [0, 0.05) is 13.1 Å². The first-order valence-corrected chi connectivity index (χ1v) is 13.7. The van der Waals surface area contributed by atoms with Gasteiger partial charge in [-0.1, -0.05) is 30.6 Å². The molecule has 0 spiro atoms. The van der Waals surface area contributed by atoms with Crippen LogP contribution in [-0.2, 0) is 14.8 Å². The molecule has 0 atom stereocenters. The SMILES string of the molecule is CN(C1CCCCC1)S(=O)(=O)c1ccc(C(=O)OC2CN(c3nc4ccc(F)cc4s3)C2)cc1. The maximum Gasteiger partial charge on any atom is 0.338 e. The van der Waals surface area contributed by atoms with Crippen molar-refractivity contribution in [3.8, 4) is 0 Å². The Morgan fingerprint density at radius 1 is 1.12 bits per heavy atom. The van der Waals surface area contributed by atoms with E-state index in [0.29, 0.717) is 18.7 Å². The molecule has 2 aliphatic rings. The van der Waals surface area contributed by atoms with Crippen molar-refractivity contribution < 1.29 is 22.3 Å². The van der Waals surface area contributed by atoms with E-state index in [1.54, 1.807) is 13.1 Å². The first-order valence-electron chi connectivity index (χ1n) is 11.4. The fraction of sp³-hybridized carbons (Fsp3) is 0.417. The summed E-state index contributed by atoms with van der Waals surface area (Å²) in [5, 5.41) is 0.768. The van der Waals surface area contributed by atoms with E-state index < -0.39 is 16.0 Å². The van der Waals surface area contributed by atoms with Gasteiger partial charge < -0.3 is 9.64 Å². The molecular formula is C24H26FN3O4S2. The number of hydrogen-bond donors (Lipinski definition) is 0. The van der Waals surface area contributed by atoms with Crippen LogP contribution in [0.2, 0.25) is 0 Å². The summed E-state index contributed by atoms with van der Waals surface area (Å²) in [6.07, 6.45) is 4.73. The minimum absolute atomic E-state index is 0.0272. The van der Waals surface area contributed by atoms with Gasteiger partial charge in [0.2, 0.25) is 10.0 Å². The topological polar surface area (TPSA) is 79.8 Å². The predicted molar refractivity (Wildman–Crippen MR) is 129 cm³/mol. The summed E-state index contributed by atoms with van der Waals surface area (Å²) in [5.41, 5.74) is 1.05. The van der Waals surface area contributed by atoms with Crippen molar-refractivity contribution in [1.82, 2.24) is 9.29 Å². The monoisotopic (exact) mass is 503 g/mol. The predicted octanol–water partition coefficient (Wildman–Crippen LogP) is 4.43. The highest BCUT2D eigenvalue weighted by Crippen LogP contribution is 2.32. The molecule has 1 aliphatic carbocycles. The highest BCUT2D eigenvalue weighted by molar-refractivity contribution is 7.89. The van der Waals surface area contributed by atoms with Crippen LogP contribution in [0.1, 0.15) is 42.5 Å². The molecular weight excluding hydrogens is 477 g/mol. The smallest absolute Gasteiger partial charge is 0.338 e. The number of sulfonamides is 1. The van der Waals surface area contributed by atoms with Crippen LogP contribution in [0.15, 0.2) is 47.4 Å². The molecule has 1 saturated carbocycles. The summed E-state index contributed by atoms with van der Waals surface area (Å²) in [4.78, 5) is 19.2. The number of halogens is 1. The Kier molecular flexibility index (Phi) is 6.30.